The van der Waals surface area contributed by atoms with Crippen molar-refractivity contribution in [2.75, 3.05) is 18.4 Å². The van der Waals surface area contributed by atoms with E-state index in [1.807, 2.05) is 30.3 Å². The van der Waals surface area contributed by atoms with Crippen LogP contribution < -0.4 is 10.6 Å². The molecule has 3 aromatic rings. The number of amides is 3. The van der Waals surface area contributed by atoms with Crippen molar-refractivity contribution in [3.63, 3.8) is 0 Å². The Morgan fingerprint density at radius 2 is 1.71 bits per heavy atom. The van der Waals surface area contributed by atoms with Crippen LogP contribution in [0.4, 0.5) is 10.5 Å². The van der Waals surface area contributed by atoms with Crippen LogP contribution in [0, 0.1) is 6.57 Å². The van der Waals surface area contributed by atoms with Crippen LogP contribution in [-0.4, -0.2) is 68.9 Å². The third kappa shape index (κ3) is 6.59. The van der Waals surface area contributed by atoms with Gasteiger partial charge in [-0.05, 0) is 30.9 Å². The number of para-hydroxylation sites is 1. The van der Waals surface area contributed by atoms with Crippen LogP contribution in [0.15, 0.2) is 60.3 Å². The molecule has 1 aliphatic rings. The molecular weight excluding hydrogens is 530 g/mol. The highest BCUT2D eigenvalue weighted by atomic mass is 16.4. The summed E-state index contributed by atoms with van der Waals surface area (Å²) in [4.78, 5) is 69.0. The normalized spacial score (nSPS) is 13.6. The minimum absolute atomic E-state index is 0.117. The van der Waals surface area contributed by atoms with Gasteiger partial charge in [0.05, 0.1) is 23.3 Å². The number of carboxylic acid groups (broad SMARTS) is 2. The summed E-state index contributed by atoms with van der Waals surface area (Å²) >= 11 is 0. The Balaban J connectivity index is 1.45. The molecule has 4 rings (SSSR count). The first-order valence-corrected chi connectivity index (χ1v) is 12.8. The molecule has 1 fully saturated rings. The van der Waals surface area contributed by atoms with Gasteiger partial charge in [-0.3, -0.25) is 14.4 Å². The Morgan fingerprint density at radius 1 is 1.00 bits per heavy atom. The maximum atomic E-state index is 13.2. The number of aromatic nitrogens is 1. The van der Waals surface area contributed by atoms with Crippen molar-refractivity contribution in [3.05, 3.63) is 82.8 Å². The molecule has 1 unspecified atom stereocenters. The molecule has 41 heavy (non-hydrogen) atoms. The molecule has 2 heterocycles. The lowest BCUT2D eigenvalue weighted by Gasteiger charge is -2.28. The summed E-state index contributed by atoms with van der Waals surface area (Å²) in [5, 5.41) is 23.2. The van der Waals surface area contributed by atoms with Crippen molar-refractivity contribution in [3.8, 4) is 0 Å². The highest BCUT2D eigenvalue weighted by Crippen LogP contribution is 2.29. The van der Waals surface area contributed by atoms with Crippen molar-refractivity contribution in [2.24, 2.45) is 0 Å². The molecule has 5 N–H and O–H groups in total. The van der Waals surface area contributed by atoms with E-state index in [4.69, 9.17) is 11.7 Å². The first-order chi connectivity index (χ1) is 19.7. The molecule has 1 saturated heterocycles. The van der Waals surface area contributed by atoms with Crippen LogP contribution in [0.5, 0.6) is 0 Å². The molecule has 210 valence electrons. The predicted octanol–water partition coefficient (Wildman–Crippen LogP) is 3.74. The van der Waals surface area contributed by atoms with E-state index in [1.54, 1.807) is 12.1 Å². The SMILES string of the molecule is [C-]#[N+]C(=C1CCN(C(=O)C(=O)c2c[nH]c3c(NC(=O)NC(CCC(=O)O)C(=O)O)cccc23)CC1)c1ccccc1. The lowest BCUT2D eigenvalue weighted by atomic mass is 9.97. The molecule has 1 aliphatic heterocycles. The van der Waals surface area contributed by atoms with Gasteiger partial charge in [-0.1, -0.05) is 48.0 Å². The van der Waals surface area contributed by atoms with Gasteiger partial charge in [0.25, 0.3) is 11.7 Å². The van der Waals surface area contributed by atoms with Crippen molar-refractivity contribution >= 4 is 51.9 Å². The number of aliphatic carboxylic acids is 2. The van der Waals surface area contributed by atoms with E-state index in [0.29, 0.717) is 42.5 Å². The van der Waals surface area contributed by atoms with E-state index in [2.05, 4.69) is 20.5 Å². The number of carbonyl (C=O) groups excluding carboxylic acids is 3. The Labute approximate surface area is 234 Å². The van der Waals surface area contributed by atoms with E-state index in [0.717, 1.165) is 11.1 Å². The lowest BCUT2D eigenvalue weighted by Crippen LogP contribution is -2.43. The quantitative estimate of drug-likeness (QED) is 0.151. The third-order valence-corrected chi connectivity index (χ3v) is 6.80. The second-order valence-electron chi connectivity index (χ2n) is 9.40. The summed E-state index contributed by atoms with van der Waals surface area (Å²) in [6, 6.07) is 11.8. The topological polar surface area (TPSA) is 173 Å². The number of nitrogens with zero attached hydrogens (tertiary/aromatic N) is 2. The van der Waals surface area contributed by atoms with Gasteiger partial charge in [-0.2, -0.15) is 0 Å². The molecule has 0 spiro atoms. The fraction of sp³-hybridized carbons (Fsp3) is 0.241. The Bertz CT molecular complexity index is 1580. The number of benzene rings is 2. The molecule has 0 aliphatic carbocycles. The number of Topliss-reactive ketones (excluding diaryl/α,β-unsaturated/α-hetero) is 1. The number of hydrogen-bond donors (Lipinski definition) is 5. The summed E-state index contributed by atoms with van der Waals surface area (Å²) in [5.74, 6) is -3.97. The zero-order valence-corrected chi connectivity index (χ0v) is 21.8. The van der Waals surface area contributed by atoms with E-state index in [9.17, 15) is 29.1 Å². The molecule has 3 amide bonds. The highest BCUT2D eigenvalue weighted by Gasteiger charge is 2.29. The lowest BCUT2D eigenvalue weighted by molar-refractivity contribution is -0.140. The largest absolute Gasteiger partial charge is 0.481 e. The number of urea groups is 1. The summed E-state index contributed by atoms with van der Waals surface area (Å²) in [7, 11) is 0. The molecule has 12 nitrogen and oxygen atoms in total. The van der Waals surface area contributed by atoms with E-state index < -0.39 is 42.1 Å². The van der Waals surface area contributed by atoms with Gasteiger partial charge in [0.15, 0.2) is 5.70 Å². The van der Waals surface area contributed by atoms with Gasteiger partial charge in [-0.15, -0.1) is 0 Å². The monoisotopic (exact) mass is 557 g/mol. The second kappa shape index (κ2) is 12.6. The summed E-state index contributed by atoms with van der Waals surface area (Å²) in [6.45, 7) is 8.20. The minimum atomic E-state index is -1.41. The molecule has 1 aromatic heterocycles. The van der Waals surface area contributed by atoms with Crippen LogP contribution in [0.3, 0.4) is 0 Å². The zero-order chi connectivity index (χ0) is 29.5. The average molecular weight is 558 g/mol. The first kappa shape index (κ1) is 28.6. The Hall–Kier alpha value is -5.44. The van der Waals surface area contributed by atoms with Crippen molar-refractivity contribution < 1.29 is 34.2 Å². The zero-order valence-electron chi connectivity index (χ0n) is 21.8. The van der Waals surface area contributed by atoms with Crippen LogP contribution in [0.25, 0.3) is 21.4 Å². The number of likely N-dealkylation sites (tertiary alicyclic amines) is 1. The molecule has 12 heteroatoms. The molecular formula is C29H27N5O7. The number of nitrogens with one attached hydrogen (secondary N) is 3. The van der Waals surface area contributed by atoms with Gasteiger partial charge >= 0.3 is 18.0 Å². The van der Waals surface area contributed by atoms with Gasteiger partial charge in [-0.25, -0.2) is 14.4 Å². The third-order valence-electron chi connectivity index (χ3n) is 6.80. The van der Waals surface area contributed by atoms with Crippen LogP contribution >= 0.6 is 0 Å². The van der Waals surface area contributed by atoms with Crippen molar-refractivity contribution in [1.82, 2.24) is 15.2 Å². The number of rotatable bonds is 9. The summed E-state index contributed by atoms with van der Waals surface area (Å²) in [5.41, 5.74) is 3.03. The van der Waals surface area contributed by atoms with E-state index in [-0.39, 0.29) is 17.7 Å². The summed E-state index contributed by atoms with van der Waals surface area (Å²) < 4.78 is 0. The maximum Gasteiger partial charge on any atom is 0.326 e. The Morgan fingerprint density at radius 3 is 2.34 bits per heavy atom. The number of anilines is 1. The molecule has 2 aromatic carbocycles. The number of ketones is 1. The smallest absolute Gasteiger partial charge is 0.326 e. The van der Waals surface area contributed by atoms with Crippen LogP contribution in [0.2, 0.25) is 0 Å². The predicted molar refractivity (Wildman–Crippen MR) is 149 cm³/mol. The molecule has 0 saturated carbocycles. The average Bonchev–Trinajstić information content (AvgIpc) is 3.41. The summed E-state index contributed by atoms with van der Waals surface area (Å²) in [6.07, 6.45) is 1.59. The number of H-pyrrole nitrogens is 1. The number of hydrogen-bond acceptors (Lipinski definition) is 5. The highest BCUT2D eigenvalue weighted by molar-refractivity contribution is 6.45. The van der Waals surface area contributed by atoms with Gasteiger partial charge in [0.1, 0.15) is 6.04 Å². The van der Waals surface area contributed by atoms with E-state index in [1.165, 1.54) is 17.2 Å². The number of aromatic amines is 1. The second-order valence-corrected chi connectivity index (χ2v) is 9.40. The van der Waals surface area contributed by atoms with Crippen molar-refractivity contribution in [2.45, 2.75) is 31.7 Å². The fourth-order valence-corrected chi connectivity index (χ4v) is 4.71. The number of carboxylic acids is 2. The first-order valence-electron chi connectivity index (χ1n) is 12.8. The molecule has 1 atom stereocenters. The van der Waals surface area contributed by atoms with E-state index >= 15 is 0 Å². The number of piperidine rings is 1. The fourth-order valence-electron chi connectivity index (χ4n) is 4.71. The Kier molecular flexibility index (Phi) is 8.79. The van der Waals surface area contributed by atoms with Gasteiger partial charge < -0.3 is 30.7 Å². The number of fused-ring (bicyclic) bond motifs is 1. The van der Waals surface area contributed by atoms with Crippen molar-refractivity contribution in [1.29, 1.82) is 0 Å². The number of carbonyl (C=O) groups is 5. The molecule has 0 bridgehead atoms. The molecule has 0 radical (unpaired) electrons. The van der Waals surface area contributed by atoms with Crippen LogP contribution in [-0.2, 0) is 14.4 Å². The minimum Gasteiger partial charge on any atom is -0.481 e. The standard InChI is InChI=1S/C29H27N5O7/c1-30-24(17-6-3-2-4-7-17)18-12-14-34(15-13-18)27(38)26(37)20-16-31-25-19(20)8-5-9-21(25)32-29(41)33-22(28(39)40)10-11-23(35)36/h2-9,16,22,31H,10-15H2,(H,35,36)(H,39,40)(H2,32,33,41). The van der Waals surface area contributed by atoms with Crippen LogP contribution in [0.1, 0.15) is 41.6 Å². The van der Waals surface area contributed by atoms with Gasteiger partial charge in [0.2, 0.25) is 0 Å². The maximum absolute atomic E-state index is 13.2. The van der Waals surface area contributed by atoms with Gasteiger partial charge in [0, 0.05) is 31.1 Å².